The fourth-order valence-electron chi connectivity index (χ4n) is 1.36. The van der Waals surface area contributed by atoms with E-state index in [0.717, 1.165) is 0 Å². The topological polar surface area (TPSA) is 70.0 Å². The molecule has 0 heterocycles. The van der Waals surface area contributed by atoms with Crippen LogP contribution in [-0.4, -0.2) is 15.0 Å². The molecule has 0 bridgehead atoms. The van der Waals surface area contributed by atoms with Gasteiger partial charge in [0.15, 0.2) is 0 Å². The van der Waals surface area contributed by atoms with Crippen molar-refractivity contribution in [2.45, 2.75) is 32.6 Å². The molecule has 0 spiro atoms. The second-order valence-corrected chi connectivity index (χ2v) is 7.31. The monoisotopic (exact) mass is 280 g/mol. The Morgan fingerprint density at radius 3 is 2.42 bits per heavy atom. The summed E-state index contributed by atoms with van der Waals surface area (Å²) in [7, 11) is -3.64. The van der Waals surface area contributed by atoms with Crippen molar-refractivity contribution in [1.29, 1.82) is 5.26 Å². The van der Waals surface area contributed by atoms with Crippen LogP contribution in [0.2, 0.25) is 0 Å². The number of sulfonamides is 1. The van der Waals surface area contributed by atoms with E-state index in [-0.39, 0.29) is 15.9 Å². The van der Waals surface area contributed by atoms with Crippen molar-refractivity contribution >= 4 is 10.0 Å². The van der Waals surface area contributed by atoms with Crippen molar-refractivity contribution in [3.63, 3.8) is 0 Å². The van der Waals surface area contributed by atoms with Gasteiger partial charge < -0.3 is 0 Å². The van der Waals surface area contributed by atoms with Crippen LogP contribution in [0, 0.1) is 22.7 Å². The lowest BCUT2D eigenvalue weighted by Gasteiger charge is -2.29. The molecule has 104 valence electrons. The molecule has 0 aliphatic rings. The highest BCUT2D eigenvalue weighted by atomic mass is 32.2. The second-order valence-electron chi connectivity index (χ2n) is 5.58. The van der Waals surface area contributed by atoms with Crippen LogP contribution in [0.25, 0.3) is 0 Å². The van der Waals surface area contributed by atoms with Crippen LogP contribution < -0.4 is 4.72 Å². The predicted molar refractivity (Wildman–Crippen MR) is 75.0 cm³/mol. The Labute approximate surface area is 115 Å². The third-order valence-corrected chi connectivity index (χ3v) is 5.04. The van der Waals surface area contributed by atoms with E-state index < -0.39 is 10.0 Å². The molecule has 0 saturated heterocycles. The van der Waals surface area contributed by atoms with E-state index >= 15 is 0 Å². The highest BCUT2D eigenvalue weighted by molar-refractivity contribution is 7.89. The first-order valence-electron chi connectivity index (χ1n) is 6.19. The number of nitrogens with one attached hydrogen (secondary N) is 1. The molecule has 0 aliphatic carbocycles. The van der Waals surface area contributed by atoms with Crippen molar-refractivity contribution < 1.29 is 8.42 Å². The molecule has 19 heavy (non-hydrogen) atoms. The minimum atomic E-state index is -3.64. The van der Waals surface area contributed by atoms with E-state index in [1.54, 1.807) is 12.1 Å². The Bertz CT molecular complexity index is 584. The standard InChI is InChI=1S/C14H20N2O2S/c1-11(2)14(3,4)10-16-19(17,18)13-8-6-5-7-12(13)9-15/h5-8,11,16H,10H2,1-4H3. The molecular formula is C14H20N2O2S. The van der Waals surface area contributed by atoms with Gasteiger partial charge in [-0.05, 0) is 23.5 Å². The fraction of sp³-hybridized carbons (Fsp3) is 0.500. The Hall–Kier alpha value is -1.38. The molecule has 1 aromatic rings. The van der Waals surface area contributed by atoms with Gasteiger partial charge in [-0.1, -0.05) is 39.8 Å². The van der Waals surface area contributed by atoms with Crippen LogP contribution in [0.3, 0.4) is 0 Å². The largest absolute Gasteiger partial charge is 0.241 e. The summed E-state index contributed by atoms with van der Waals surface area (Å²) < 4.78 is 27.0. The molecule has 0 aliphatic heterocycles. The summed E-state index contributed by atoms with van der Waals surface area (Å²) in [6.07, 6.45) is 0. The fourth-order valence-corrected chi connectivity index (χ4v) is 2.73. The van der Waals surface area contributed by atoms with Crippen LogP contribution in [-0.2, 0) is 10.0 Å². The third kappa shape index (κ3) is 3.79. The Morgan fingerprint density at radius 2 is 1.89 bits per heavy atom. The summed E-state index contributed by atoms with van der Waals surface area (Å²) >= 11 is 0. The van der Waals surface area contributed by atoms with Crippen molar-refractivity contribution in [3.8, 4) is 6.07 Å². The van der Waals surface area contributed by atoms with Crippen molar-refractivity contribution in [2.24, 2.45) is 11.3 Å². The van der Waals surface area contributed by atoms with Crippen LogP contribution in [0.5, 0.6) is 0 Å². The number of nitrogens with zero attached hydrogens (tertiary/aromatic N) is 1. The van der Waals surface area contributed by atoms with Gasteiger partial charge in [-0.3, -0.25) is 0 Å². The predicted octanol–water partition coefficient (Wildman–Crippen LogP) is 2.52. The van der Waals surface area contributed by atoms with E-state index in [1.807, 2.05) is 19.9 Å². The molecule has 5 heteroatoms. The highest BCUT2D eigenvalue weighted by Crippen LogP contribution is 2.25. The quantitative estimate of drug-likeness (QED) is 0.901. The molecule has 0 fully saturated rings. The van der Waals surface area contributed by atoms with E-state index in [1.165, 1.54) is 12.1 Å². The summed E-state index contributed by atoms with van der Waals surface area (Å²) in [5.74, 6) is 0.349. The van der Waals surface area contributed by atoms with Gasteiger partial charge >= 0.3 is 0 Å². The van der Waals surface area contributed by atoms with Gasteiger partial charge in [0, 0.05) is 6.54 Å². The number of hydrogen-bond donors (Lipinski definition) is 1. The zero-order chi connectivity index (χ0) is 14.7. The molecule has 0 aromatic heterocycles. The van der Waals surface area contributed by atoms with Gasteiger partial charge in [0.05, 0.1) is 10.5 Å². The molecule has 0 unspecified atom stereocenters. The molecule has 1 N–H and O–H groups in total. The van der Waals surface area contributed by atoms with Crippen molar-refractivity contribution in [1.82, 2.24) is 4.72 Å². The van der Waals surface area contributed by atoms with Gasteiger partial charge in [-0.15, -0.1) is 0 Å². The molecule has 0 atom stereocenters. The second kappa shape index (κ2) is 5.72. The van der Waals surface area contributed by atoms with Gasteiger partial charge in [0.2, 0.25) is 10.0 Å². The Balaban J connectivity index is 2.98. The lowest BCUT2D eigenvalue weighted by atomic mass is 9.81. The summed E-state index contributed by atoms with van der Waals surface area (Å²) in [4.78, 5) is 0.0389. The lowest BCUT2D eigenvalue weighted by Crippen LogP contribution is -2.37. The molecular weight excluding hydrogens is 260 g/mol. The van der Waals surface area contributed by atoms with Gasteiger partial charge in [0.25, 0.3) is 0 Å². The van der Waals surface area contributed by atoms with E-state index in [4.69, 9.17) is 5.26 Å². The molecule has 4 nitrogen and oxygen atoms in total. The first kappa shape index (κ1) is 15.7. The maximum absolute atomic E-state index is 12.2. The zero-order valence-corrected chi connectivity index (χ0v) is 12.6. The first-order valence-corrected chi connectivity index (χ1v) is 7.68. The molecule has 0 saturated carbocycles. The van der Waals surface area contributed by atoms with E-state index in [9.17, 15) is 8.42 Å². The van der Waals surface area contributed by atoms with E-state index in [2.05, 4.69) is 18.6 Å². The minimum Gasteiger partial charge on any atom is -0.211 e. The van der Waals surface area contributed by atoms with E-state index in [0.29, 0.717) is 12.5 Å². The first-order chi connectivity index (χ1) is 8.70. The normalized spacial score (nSPS) is 12.4. The van der Waals surface area contributed by atoms with Crippen LogP contribution in [0.4, 0.5) is 0 Å². The zero-order valence-electron chi connectivity index (χ0n) is 11.8. The Kier molecular flexibility index (Phi) is 4.72. The SMILES string of the molecule is CC(C)C(C)(C)CNS(=O)(=O)c1ccccc1C#N. The molecule has 0 radical (unpaired) electrons. The highest BCUT2D eigenvalue weighted by Gasteiger charge is 2.26. The minimum absolute atomic E-state index is 0.0389. The summed E-state index contributed by atoms with van der Waals surface area (Å²) in [5.41, 5.74) is 0.0200. The van der Waals surface area contributed by atoms with Crippen LogP contribution in [0.15, 0.2) is 29.2 Å². The number of nitriles is 1. The smallest absolute Gasteiger partial charge is 0.211 e. The molecule has 0 amide bonds. The Morgan fingerprint density at radius 1 is 1.32 bits per heavy atom. The number of benzene rings is 1. The number of hydrogen-bond acceptors (Lipinski definition) is 3. The van der Waals surface area contributed by atoms with Crippen molar-refractivity contribution in [3.05, 3.63) is 29.8 Å². The van der Waals surface area contributed by atoms with Crippen LogP contribution >= 0.6 is 0 Å². The maximum Gasteiger partial charge on any atom is 0.241 e. The van der Waals surface area contributed by atoms with Crippen LogP contribution in [0.1, 0.15) is 33.3 Å². The van der Waals surface area contributed by atoms with Gasteiger partial charge in [0.1, 0.15) is 6.07 Å². The average molecular weight is 280 g/mol. The maximum atomic E-state index is 12.2. The summed E-state index contributed by atoms with van der Waals surface area (Å²) in [6, 6.07) is 8.11. The summed E-state index contributed by atoms with van der Waals surface area (Å²) in [6.45, 7) is 8.47. The summed E-state index contributed by atoms with van der Waals surface area (Å²) in [5, 5.41) is 8.96. The van der Waals surface area contributed by atoms with Crippen molar-refractivity contribution in [2.75, 3.05) is 6.54 Å². The van der Waals surface area contributed by atoms with Gasteiger partial charge in [-0.25, -0.2) is 13.1 Å². The average Bonchev–Trinajstić information content (AvgIpc) is 2.36. The number of rotatable bonds is 5. The van der Waals surface area contributed by atoms with Gasteiger partial charge in [-0.2, -0.15) is 5.26 Å². The lowest BCUT2D eigenvalue weighted by molar-refractivity contribution is 0.252. The molecule has 1 rings (SSSR count). The third-order valence-electron chi connectivity index (χ3n) is 3.58. The molecule has 1 aromatic carbocycles.